The van der Waals surface area contributed by atoms with E-state index < -0.39 is 23.7 Å². The zero-order valence-electron chi connectivity index (χ0n) is 17.2. The highest BCUT2D eigenvalue weighted by atomic mass is 32.1. The summed E-state index contributed by atoms with van der Waals surface area (Å²) >= 11 is 1.47. The van der Waals surface area contributed by atoms with Gasteiger partial charge in [-0.2, -0.15) is 0 Å². The largest absolute Gasteiger partial charge is 0.504 e. The SMILES string of the molecule is CCOC(=O)[C@H]1C(=O)C2=C(C[C@@H]1c1cccs1)NC(=O)C[C@H]2c1ccc(O)c(OC)c1. The number of hydrogen-bond donors (Lipinski definition) is 2. The number of carbonyl (C=O) groups excluding carboxylic acids is 3. The van der Waals surface area contributed by atoms with Crippen LogP contribution in [0.1, 0.15) is 42.0 Å². The number of allylic oxidation sites excluding steroid dienone is 2. The van der Waals surface area contributed by atoms with Crippen molar-refractivity contribution >= 4 is 29.0 Å². The third kappa shape index (κ3) is 3.83. The lowest BCUT2D eigenvalue weighted by atomic mass is 9.69. The summed E-state index contributed by atoms with van der Waals surface area (Å²) in [6.07, 6.45) is 0.431. The van der Waals surface area contributed by atoms with Gasteiger partial charge in [0, 0.05) is 34.4 Å². The van der Waals surface area contributed by atoms with Crippen LogP contribution in [0.15, 0.2) is 47.0 Å². The van der Waals surface area contributed by atoms with Crippen molar-refractivity contribution in [3.63, 3.8) is 0 Å². The van der Waals surface area contributed by atoms with Gasteiger partial charge < -0.3 is 19.9 Å². The van der Waals surface area contributed by atoms with E-state index in [9.17, 15) is 19.5 Å². The molecule has 2 aliphatic rings. The van der Waals surface area contributed by atoms with Crippen molar-refractivity contribution in [2.24, 2.45) is 5.92 Å². The monoisotopic (exact) mass is 441 g/mol. The Morgan fingerprint density at radius 3 is 2.74 bits per heavy atom. The molecule has 2 N–H and O–H groups in total. The van der Waals surface area contributed by atoms with Gasteiger partial charge in [0.1, 0.15) is 5.92 Å². The van der Waals surface area contributed by atoms with Crippen LogP contribution in [-0.2, 0) is 19.1 Å². The van der Waals surface area contributed by atoms with Crippen molar-refractivity contribution in [2.45, 2.75) is 31.6 Å². The lowest BCUT2D eigenvalue weighted by Crippen LogP contribution is -2.44. The number of ketones is 1. The summed E-state index contributed by atoms with van der Waals surface area (Å²) in [5, 5.41) is 14.7. The molecule has 2 heterocycles. The Hall–Kier alpha value is -3.13. The van der Waals surface area contributed by atoms with Crippen molar-refractivity contribution in [3.05, 3.63) is 57.4 Å². The number of phenolic OH excluding ortho intramolecular Hbond substituents is 1. The second-order valence-corrected chi connectivity index (χ2v) is 8.53. The van der Waals surface area contributed by atoms with Crippen LogP contribution < -0.4 is 10.1 Å². The van der Waals surface area contributed by atoms with Gasteiger partial charge >= 0.3 is 5.97 Å². The van der Waals surface area contributed by atoms with Crippen molar-refractivity contribution < 1.29 is 29.0 Å². The van der Waals surface area contributed by atoms with E-state index in [1.165, 1.54) is 24.5 Å². The number of nitrogens with one attached hydrogen (secondary N) is 1. The summed E-state index contributed by atoms with van der Waals surface area (Å²) in [5.74, 6) is -2.72. The van der Waals surface area contributed by atoms with E-state index in [1.807, 2.05) is 17.5 Å². The number of Topliss-reactive ketones (excluding diaryl/α,β-unsaturated/α-hetero) is 1. The molecule has 1 aromatic heterocycles. The minimum atomic E-state index is -0.964. The van der Waals surface area contributed by atoms with E-state index in [4.69, 9.17) is 9.47 Å². The van der Waals surface area contributed by atoms with Crippen LogP contribution in [0.3, 0.4) is 0 Å². The quantitative estimate of drug-likeness (QED) is 0.546. The number of ether oxygens (including phenoxy) is 2. The fourth-order valence-corrected chi connectivity index (χ4v) is 5.29. The summed E-state index contributed by atoms with van der Waals surface area (Å²) in [7, 11) is 1.44. The van der Waals surface area contributed by atoms with E-state index in [-0.39, 0.29) is 36.2 Å². The Labute approximate surface area is 183 Å². The predicted molar refractivity (Wildman–Crippen MR) is 114 cm³/mol. The molecule has 2 aromatic rings. The molecule has 31 heavy (non-hydrogen) atoms. The van der Waals surface area contributed by atoms with Crippen molar-refractivity contribution in [3.8, 4) is 11.5 Å². The summed E-state index contributed by atoms with van der Waals surface area (Å²) in [4.78, 5) is 40.0. The van der Waals surface area contributed by atoms with Crippen molar-refractivity contribution in [1.29, 1.82) is 0 Å². The Balaban J connectivity index is 1.81. The molecule has 1 aliphatic carbocycles. The third-order valence-electron chi connectivity index (χ3n) is 5.78. The van der Waals surface area contributed by atoms with Crippen LogP contribution in [0.5, 0.6) is 11.5 Å². The van der Waals surface area contributed by atoms with E-state index in [0.717, 1.165) is 4.88 Å². The number of benzene rings is 1. The van der Waals surface area contributed by atoms with E-state index in [0.29, 0.717) is 23.3 Å². The maximum absolute atomic E-state index is 13.7. The summed E-state index contributed by atoms with van der Waals surface area (Å²) in [6, 6.07) is 8.55. The molecule has 0 fully saturated rings. The van der Waals surface area contributed by atoms with E-state index >= 15 is 0 Å². The Morgan fingerprint density at radius 2 is 2.06 bits per heavy atom. The molecule has 0 radical (unpaired) electrons. The number of rotatable bonds is 5. The van der Waals surface area contributed by atoms with Gasteiger partial charge in [0.25, 0.3) is 0 Å². The minimum absolute atomic E-state index is 0.0298. The second kappa shape index (κ2) is 8.55. The molecule has 0 spiro atoms. The molecule has 1 aliphatic heterocycles. The smallest absolute Gasteiger partial charge is 0.317 e. The van der Waals surface area contributed by atoms with Gasteiger partial charge in [-0.3, -0.25) is 14.4 Å². The van der Waals surface area contributed by atoms with Crippen LogP contribution >= 0.6 is 11.3 Å². The van der Waals surface area contributed by atoms with Crippen LogP contribution in [0.25, 0.3) is 0 Å². The van der Waals surface area contributed by atoms with Crippen LogP contribution in [-0.4, -0.2) is 36.5 Å². The first-order valence-corrected chi connectivity index (χ1v) is 11.0. The zero-order chi connectivity index (χ0) is 22.1. The zero-order valence-corrected chi connectivity index (χ0v) is 18.0. The molecule has 3 atom stereocenters. The van der Waals surface area contributed by atoms with Gasteiger partial charge in [0.05, 0.1) is 13.7 Å². The van der Waals surface area contributed by atoms with Gasteiger partial charge in [-0.05, 0) is 42.5 Å². The van der Waals surface area contributed by atoms with Crippen molar-refractivity contribution in [2.75, 3.05) is 13.7 Å². The fourth-order valence-electron chi connectivity index (χ4n) is 4.42. The highest BCUT2D eigenvalue weighted by Crippen LogP contribution is 2.47. The third-order valence-corrected chi connectivity index (χ3v) is 6.79. The highest BCUT2D eigenvalue weighted by molar-refractivity contribution is 7.10. The maximum atomic E-state index is 13.7. The lowest BCUT2D eigenvalue weighted by Gasteiger charge is -2.37. The predicted octanol–water partition coefficient (Wildman–Crippen LogP) is 3.26. The second-order valence-electron chi connectivity index (χ2n) is 7.55. The van der Waals surface area contributed by atoms with Crippen LogP contribution in [0, 0.1) is 5.92 Å². The Bertz CT molecular complexity index is 1060. The average Bonchev–Trinajstić information content (AvgIpc) is 3.28. The molecule has 4 rings (SSSR count). The first-order valence-electron chi connectivity index (χ1n) is 10.1. The summed E-state index contributed by atoms with van der Waals surface area (Å²) < 4.78 is 10.5. The van der Waals surface area contributed by atoms with Crippen LogP contribution in [0.2, 0.25) is 0 Å². The van der Waals surface area contributed by atoms with Gasteiger partial charge in [-0.1, -0.05) is 12.1 Å². The molecule has 1 aromatic carbocycles. The maximum Gasteiger partial charge on any atom is 0.317 e. The molecular formula is C23H23NO6S. The van der Waals surface area contributed by atoms with Crippen LogP contribution in [0.4, 0.5) is 0 Å². The summed E-state index contributed by atoms with van der Waals surface area (Å²) in [6.45, 7) is 1.89. The average molecular weight is 442 g/mol. The number of thiophene rings is 1. The molecule has 0 saturated carbocycles. The molecular weight excluding hydrogens is 418 g/mol. The number of amides is 1. The summed E-state index contributed by atoms with van der Waals surface area (Å²) in [5.41, 5.74) is 1.65. The molecule has 7 nitrogen and oxygen atoms in total. The first-order chi connectivity index (χ1) is 14.9. The number of phenols is 1. The standard InChI is InChI=1S/C23H23NO6S/c1-3-30-23(28)21-14(18-5-4-8-31-18)10-15-20(22(21)27)13(11-19(26)24-15)12-6-7-16(25)17(9-12)29-2/h4-9,13-14,21,25H,3,10-11H2,1-2H3,(H,24,26)/t13-,14+,21+/m0/s1. The lowest BCUT2D eigenvalue weighted by molar-refractivity contribution is -0.152. The van der Waals surface area contributed by atoms with Gasteiger partial charge in [-0.15, -0.1) is 11.3 Å². The Morgan fingerprint density at radius 1 is 1.26 bits per heavy atom. The molecule has 0 unspecified atom stereocenters. The topological polar surface area (TPSA) is 102 Å². The molecule has 8 heteroatoms. The van der Waals surface area contributed by atoms with Gasteiger partial charge in [-0.25, -0.2) is 0 Å². The minimum Gasteiger partial charge on any atom is -0.504 e. The van der Waals surface area contributed by atoms with Crippen molar-refractivity contribution in [1.82, 2.24) is 5.32 Å². The molecule has 0 bridgehead atoms. The fraction of sp³-hybridized carbons (Fsp3) is 0.348. The number of aromatic hydroxyl groups is 1. The Kier molecular flexibility index (Phi) is 5.82. The number of methoxy groups -OCH3 is 1. The molecule has 0 saturated heterocycles. The van der Waals surface area contributed by atoms with Gasteiger partial charge in [0.2, 0.25) is 5.91 Å². The van der Waals surface area contributed by atoms with Gasteiger partial charge in [0.15, 0.2) is 17.3 Å². The molecule has 1 amide bonds. The van der Waals surface area contributed by atoms with E-state index in [1.54, 1.807) is 19.1 Å². The van der Waals surface area contributed by atoms with E-state index in [2.05, 4.69) is 5.32 Å². The first kappa shape index (κ1) is 21.1. The number of esters is 1. The number of hydrogen-bond acceptors (Lipinski definition) is 7. The normalized spacial score (nSPS) is 23.2. The highest BCUT2D eigenvalue weighted by Gasteiger charge is 2.48. The number of carbonyl (C=O) groups is 3. The molecule has 162 valence electrons.